The van der Waals surface area contributed by atoms with Gasteiger partial charge in [0, 0.05) is 5.56 Å². The first kappa shape index (κ1) is 35.8. The third kappa shape index (κ3) is 8.86. The Labute approximate surface area is 273 Å². The number of methoxy groups -OCH3 is 2. The molecule has 11 nitrogen and oxygen atoms in total. The van der Waals surface area contributed by atoms with Crippen LogP contribution in [0.1, 0.15) is 5.56 Å². The Hall–Kier alpha value is -5.03. The van der Waals surface area contributed by atoms with E-state index in [9.17, 15) is 39.2 Å². The van der Waals surface area contributed by atoms with Crippen molar-refractivity contribution in [1.29, 1.82) is 0 Å². The van der Waals surface area contributed by atoms with Gasteiger partial charge in [-0.25, -0.2) is 4.39 Å². The van der Waals surface area contributed by atoms with Crippen molar-refractivity contribution >= 4 is 31.8 Å². The highest BCUT2D eigenvalue weighted by molar-refractivity contribution is 7.86. The minimum atomic E-state index is -5.27. The van der Waals surface area contributed by atoms with Crippen LogP contribution < -0.4 is 27.9 Å². The maximum absolute atomic E-state index is 15.0. The molecule has 0 bridgehead atoms. The van der Waals surface area contributed by atoms with Crippen molar-refractivity contribution in [2.24, 2.45) is 0 Å². The van der Waals surface area contributed by atoms with Crippen molar-refractivity contribution in [3.8, 4) is 51.0 Å². The number of benzene rings is 4. The number of amides is 1. The summed E-state index contributed by atoms with van der Waals surface area (Å²) in [4.78, 5) is 11.3. The molecule has 256 valence electrons. The summed E-state index contributed by atoms with van der Waals surface area (Å²) in [5.41, 5.74) is -0.0271. The Morgan fingerprint density at radius 2 is 1.40 bits per heavy atom. The standard InChI is InChI=1S/C31H27F4NO10S2/c1-42-26-16-21(19-10-12-23(22(32)14-19)36-30(37)31(33,34)35)28(43-2)29(46-48(4,40)41)27(26)20-11-13-24(25(15-20)45-47(3,38)39)44-17-18-8-6-5-7-9-18/h5-16H,17H2,1-4H3,(H,36,37). The van der Waals surface area contributed by atoms with E-state index in [1.54, 1.807) is 24.3 Å². The highest BCUT2D eigenvalue weighted by Crippen LogP contribution is 2.52. The number of carbonyl (C=O) groups excluding carboxylic acids is 1. The van der Waals surface area contributed by atoms with Gasteiger partial charge in [0.25, 0.3) is 0 Å². The van der Waals surface area contributed by atoms with Gasteiger partial charge >= 0.3 is 32.3 Å². The molecule has 0 saturated carbocycles. The first-order valence-corrected chi connectivity index (χ1v) is 17.1. The van der Waals surface area contributed by atoms with E-state index < -0.39 is 49.6 Å². The second-order valence-corrected chi connectivity index (χ2v) is 13.2. The smallest absolute Gasteiger partial charge is 0.471 e. The molecule has 0 aliphatic rings. The fourth-order valence-electron chi connectivity index (χ4n) is 4.42. The van der Waals surface area contributed by atoms with Gasteiger partial charge in [0.15, 0.2) is 23.0 Å². The molecule has 4 rings (SSSR count). The molecular formula is C31H27F4NO10S2. The quantitative estimate of drug-likeness (QED) is 0.139. The average Bonchev–Trinajstić information content (AvgIpc) is 2.99. The van der Waals surface area contributed by atoms with Crippen molar-refractivity contribution < 1.29 is 61.8 Å². The van der Waals surface area contributed by atoms with Gasteiger partial charge in [-0.2, -0.15) is 30.0 Å². The number of anilines is 1. The van der Waals surface area contributed by atoms with Crippen molar-refractivity contribution in [3.63, 3.8) is 0 Å². The molecule has 1 N–H and O–H groups in total. The summed E-state index contributed by atoms with van der Waals surface area (Å²) in [6.45, 7) is 0.0455. The van der Waals surface area contributed by atoms with Gasteiger partial charge < -0.3 is 27.9 Å². The zero-order chi connectivity index (χ0) is 35.4. The minimum absolute atomic E-state index is 0.0225. The summed E-state index contributed by atoms with van der Waals surface area (Å²) in [5, 5.41) is 1.43. The summed E-state index contributed by atoms with van der Waals surface area (Å²) in [6.07, 6.45) is -3.71. The molecule has 0 unspecified atom stereocenters. The number of carbonyl (C=O) groups is 1. The molecule has 4 aromatic rings. The number of alkyl halides is 3. The molecule has 48 heavy (non-hydrogen) atoms. The molecule has 0 aromatic heterocycles. The molecule has 1 amide bonds. The Morgan fingerprint density at radius 3 is 1.96 bits per heavy atom. The molecule has 17 heteroatoms. The molecule has 0 spiro atoms. The van der Waals surface area contributed by atoms with Crippen LogP contribution in [-0.2, 0) is 31.6 Å². The largest absolute Gasteiger partial charge is 0.496 e. The summed E-state index contributed by atoms with van der Waals surface area (Å²) in [7, 11) is -6.04. The normalized spacial score (nSPS) is 11.8. The summed E-state index contributed by atoms with van der Waals surface area (Å²) >= 11 is 0. The predicted octanol–water partition coefficient (Wildman–Crippen LogP) is 5.93. The molecule has 4 aromatic carbocycles. The predicted molar refractivity (Wildman–Crippen MR) is 167 cm³/mol. The Bertz CT molecular complexity index is 2050. The van der Waals surface area contributed by atoms with Crippen LogP contribution >= 0.6 is 0 Å². The minimum Gasteiger partial charge on any atom is -0.496 e. The molecule has 0 atom stereocenters. The SMILES string of the molecule is COc1cc(-c2ccc(NC(=O)C(F)(F)F)c(F)c2)c(OC)c(OS(C)(=O)=O)c1-c1ccc(OCc2ccccc2)c(OS(C)(=O)=O)c1. The van der Waals surface area contributed by atoms with Crippen LogP contribution in [0, 0.1) is 5.82 Å². The van der Waals surface area contributed by atoms with Crippen molar-refractivity contribution in [2.45, 2.75) is 12.8 Å². The van der Waals surface area contributed by atoms with Crippen LogP contribution in [0.4, 0.5) is 23.2 Å². The van der Waals surface area contributed by atoms with Gasteiger partial charge in [-0.15, -0.1) is 0 Å². The van der Waals surface area contributed by atoms with Crippen molar-refractivity contribution in [3.05, 3.63) is 84.2 Å². The third-order valence-electron chi connectivity index (χ3n) is 6.35. The molecule has 0 aliphatic carbocycles. The highest BCUT2D eigenvalue weighted by Gasteiger charge is 2.39. The number of hydrogen-bond donors (Lipinski definition) is 1. The second kappa shape index (κ2) is 14.0. The third-order valence-corrected chi connectivity index (χ3v) is 7.31. The second-order valence-electron chi connectivity index (χ2n) is 10.0. The Kier molecular flexibility index (Phi) is 10.4. The van der Waals surface area contributed by atoms with Gasteiger partial charge in [0.1, 0.15) is 18.2 Å². The molecule has 0 radical (unpaired) electrons. The van der Waals surface area contributed by atoms with Crippen molar-refractivity contribution in [1.82, 2.24) is 0 Å². The van der Waals surface area contributed by atoms with Crippen LogP contribution in [0.2, 0.25) is 0 Å². The van der Waals surface area contributed by atoms with E-state index in [2.05, 4.69) is 0 Å². The Balaban J connectivity index is 1.90. The van der Waals surface area contributed by atoms with E-state index >= 15 is 0 Å². The Morgan fingerprint density at radius 1 is 0.750 bits per heavy atom. The average molecular weight is 714 g/mol. The number of ether oxygens (including phenoxy) is 3. The lowest BCUT2D eigenvalue weighted by molar-refractivity contribution is -0.167. The van der Waals surface area contributed by atoms with Gasteiger partial charge in [0.05, 0.1) is 38.0 Å². The van der Waals surface area contributed by atoms with Crippen LogP contribution in [0.3, 0.4) is 0 Å². The van der Waals surface area contributed by atoms with E-state index in [1.807, 2.05) is 6.07 Å². The number of hydrogen-bond acceptors (Lipinski definition) is 10. The molecule has 0 heterocycles. The topological polar surface area (TPSA) is 144 Å². The number of rotatable bonds is 12. The van der Waals surface area contributed by atoms with Crippen LogP contribution in [0.25, 0.3) is 22.3 Å². The number of nitrogens with one attached hydrogen (secondary N) is 1. The number of halogens is 4. The molecule has 0 saturated heterocycles. The summed E-state index contributed by atoms with van der Waals surface area (Å²) < 4.78 is 130. The van der Waals surface area contributed by atoms with E-state index in [4.69, 9.17) is 22.6 Å². The molecule has 0 aliphatic heterocycles. The monoisotopic (exact) mass is 713 g/mol. The van der Waals surface area contributed by atoms with E-state index in [0.29, 0.717) is 0 Å². The van der Waals surface area contributed by atoms with E-state index in [0.717, 1.165) is 43.4 Å². The first-order chi connectivity index (χ1) is 22.4. The zero-order valence-corrected chi connectivity index (χ0v) is 27.2. The zero-order valence-electron chi connectivity index (χ0n) is 25.5. The maximum atomic E-state index is 15.0. The van der Waals surface area contributed by atoms with Gasteiger partial charge in [-0.1, -0.05) is 42.5 Å². The van der Waals surface area contributed by atoms with Crippen LogP contribution in [0.15, 0.2) is 72.8 Å². The van der Waals surface area contributed by atoms with Crippen LogP contribution in [-0.4, -0.2) is 55.7 Å². The highest BCUT2D eigenvalue weighted by atomic mass is 32.2. The van der Waals surface area contributed by atoms with Gasteiger partial charge in [-0.05, 0) is 47.0 Å². The fraction of sp³-hybridized carbons (Fsp3) is 0.194. The first-order valence-electron chi connectivity index (χ1n) is 13.5. The summed E-state index contributed by atoms with van der Waals surface area (Å²) in [6, 6.07) is 17.1. The maximum Gasteiger partial charge on any atom is 0.471 e. The molecule has 0 fully saturated rings. The van der Waals surface area contributed by atoms with Crippen molar-refractivity contribution in [2.75, 3.05) is 32.0 Å². The van der Waals surface area contributed by atoms with Crippen LogP contribution in [0.5, 0.6) is 28.7 Å². The molecular weight excluding hydrogens is 686 g/mol. The van der Waals surface area contributed by atoms with Gasteiger partial charge in [-0.3, -0.25) is 4.79 Å². The van der Waals surface area contributed by atoms with E-state index in [-0.39, 0.29) is 51.9 Å². The fourth-order valence-corrected chi connectivity index (χ4v) is 5.34. The lowest BCUT2D eigenvalue weighted by Crippen LogP contribution is -2.30. The van der Waals surface area contributed by atoms with Gasteiger partial charge in [0.2, 0.25) is 0 Å². The lowest BCUT2D eigenvalue weighted by atomic mass is 9.96. The summed E-state index contributed by atoms with van der Waals surface area (Å²) in [5.74, 6) is -4.71. The lowest BCUT2D eigenvalue weighted by Gasteiger charge is -2.21. The van der Waals surface area contributed by atoms with E-state index in [1.165, 1.54) is 36.7 Å².